The zero-order chi connectivity index (χ0) is 16.1. The van der Waals surface area contributed by atoms with Crippen molar-refractivity contribution in [3.63, 3.8) is 0 Å². The fourth-order valence-electron chi connectivity index (χ4n) is 1.80. The van der Waals surface area contributed by atoms with E-state index in [2.05, 4.69) is 10.6 Å². The van der Waals surface area contributed by atoms with E-state index in [9.17, 15) is 14.7 Å². The quantitative estimate of drug-likeness (QED) is 0.600. The van der Waals surface area contributed by atoms with Gasteiger partial charge in [0, 0.05) is 10.7 Å². The molecule has 0 radical (unpaired) electrons. The molecular weight excluding hydrogens is 304 g/mol. The lowest BCUT2D eigenvalue weighted by atomic mass is 10.1. The molecule has 0 bridgehead atoms. The molecule has 0 aliphatic carbocycles. The minimum atomic E-state index is -0.892. The number of nitrogens with one attached hydrogen (secondary N) is 2. The van der Waals surface area contributed by atoms with Gasteiger partial charge in [0.1, 0.15) is 5.75 Å². The molecule has 2 rings (SSSR count). The third-order valence-corrected chi connectivity index (χ3v) is 3.27. The molecule has 0 spiro atoms. The highest BCUT2D eigenvalue weighted by Crippen LogP contribution is 2.26. The number of anilines is 2. The number of hydrogen-bond donors (Lipinski definition) is 3. The predicted molar refractivity (Wildman–Crippen MR) is 86.2 cm³/mol. The Labute approximate surface area is 132 Å². The van der Waals surface area contributed by atoms with Crippen molar-refractivity contribution in [3.8, 4) is 5.75 Å². The summed E-state index contributed by atoms with van der Waals surface area (Å²) in [4.78, 5) is 23.7. The lowest BCUT2D eigenvalue weighted by Gasteiger charge is -2.08. The minimum absolute atomic E-state index is 0.0778. The van der Waals surface area contributed by atoms with Crippen molar-refractivity contribution >= 4 is 34.8 Å². The molecule has 0 aliphatic heterocycles. The Morgan fingerprint density at radius 1 is 1.05 bits per heavy atom. The molecule has 0 atom stereocenters. The van der Waals surface area contributed by atoms with E-state index in [1.807, 2.05) is 19.1 Å². The molecule has 0 saturated heterocycles. The highest BCUT2D eigenvalue weighted by atomic mass is 35.5. The first-order chi connectivity index (χ1) is 10.5. The molecule has 0 unspecified atom stereocenters. The van der Waals surface area contributed by atoms with Gasteiger partial charge in [0.25, 0.3) is 0 Å². The second-order valence-electron chi connectivity index (χ2n) is 4.62. The van der Waals surface area contributed by atoms with E-state index in [0.717, 1.165) is 12.0 Å². The maximum absolute atomic E-state index is 11.8. The van der Waals surface area contributed by atoms with Crippen LogP contribution in [0.25, 0.3) is 0 Å². The largest absolute Gasteiger partial charge is 0.506 e. The van der Waals surface area contributed by atoms with Gasteiger partial charge in [0.15, 0.2) is 0 Å². The van der Waals surface area contributed by atoms with Crippen LogP contribution in [0.3, 0.4) is 0 Å². The van der Waals surface area contributed by atoms with Gasteiger partial charge in [0.05, 0.1) is 5.69 Å². The number of phenolic OH excluding ortho intramolecular Hbond substituents is 1. The summed E-state index contributed by atoms with van der Waals surface area (Å²) < 4.78 is 0. The summed E-state index contributed by atoms with van der Waals surface area (Å²) in [6.07, 6.45) is 0.892. The molecule has 0 fully saturated rings. The molecule has 2 aromatic rings. The number of aromatic hydroxyl groups is 1. The van der Waals surface area contributed by atoms with Gasteiger partial charge < -0.3 is 15.7 Å². The fourth-order valence-corrected chi connectivity index (χ4v) is 1.97. The lowest BCUT2D eigenvalue weighted by Crippen LogP contribution is -2.29. The van der Waals surface area contributed by atoms with Crippen LogP contribution in [-0.4, -0.2) is 16.9 Å². The van der Waals surface area contributed by atoms with Crippen molar-refractivity contribution in [2.24, 2.45) is 0 Å². The molecule has 6 heteroatoms. The summed E-state index contributed by atoms with van der Waals surface area (Å²) in [6, 6.07) is 11.4. The summed E-state index contributed by atoms with van der Waals surface area (Å²) in [5.74, 6) is -1.89. The van der Waals surface area contributed by atoms with Crippen molar-refractivity contribution in [2.45, 2.75) is 13.3 Å². The van der Waals surface area contributed by atoms with E-state index < -0.39 is 11.8 Å². The van der Waals surface area contributed by atoms with Gasteiger partial charge in [-0.3, -0.25) is 9.59 Å². The van der Waals surface area contributed by atoms with E-state index in [0.29, 0.717) is 10.7 Å². The maximum atomic E-state index is 11.8. The zero-order valence-electron chi connectivity index (χ0n) is 11.9. The van der Waals surface area contributed by atoms with Crippen LogP contribution in [0, 0.1) is 0 Å². The number of hydrogen-bond acceptors (Lipinski definition) is 3. The number of rotatable bonds is 3. The molecule has 2 amide bonds. The zero-order valence-corrected chi connectivity index (χ0v) is 12.6. The van der Waals surface area contributed by atoms with Crippen LogP contribution in [0.5, 0.6) is 5.75 Å². The van der Waals surface area contributed by atoms with Crippen LogP contribution >= 0.6 is 11.6 Å². The van der Waals surface area contributed by atoms with Gasteiger partial charge in [-0.1, -0.05) is 30.7 Å². The molecule has 0 aromatic heterocycles. The van der Waals surface area contributed by atoms with Crippen LogP contribution < -0.4 is 10.6 Å². The number of phenols is 1. The second-order valence-corrected chi connectivity index (χ2v) is 5.06. The molecule has 114 valence electrons. The summed E-state index contributed by atoms with van der Waals surface area (Å²) in [6.45, 7) is 2.03. The smallest absolute Gasteiger partial charge is 0.314 e. The molecule has 0 heterocycles. The first-order valence-corrected chi connectivity index (χ1v) is 7.07. The Morgan fingerprint density at radius 3 is 2.32 bits per heavy atom. The van der Waals surface area contributed by atoms with Gasteiger partial charge in [-0.2, -0.15) is 0 Å². The van der Waals surface area contributed by atoms with Crippen molar-refractivity contribution in [2.75, 3.05) is 10.6 Å². The number of benzene rings is 2. The summed E-state index contributed by atoms with van der Waals surface area (Å²) in [7, 11) is 0. The van der Waals surface area contributed by atoms with Crippen LogP contribution in [0.15, 0.2) is 42.5 Å². The van der Waals surface area contributed by atoms with Gasteiger partial charge in [0.2, 0.25) is 0 Å². The molecular formula is C16H15ClN2O3. The van der Waals surface area contributed by atoms with E-state index in [-0.39, 0.29) is 11.4 Å². The first-order valence-electron chi connectivity index (χ1n) is 6.69. The summed E-state index contributed by atoms with van der Waals surface area (Å²) in [5, 5.41) is 14.7. The highest BCUT2D eigenvalue weighted by molar-refractivity contribution is 6.44. The molecule has 5 nitrogen and oxygen atoms in total. The number of carbonyl (C=O) groups excluding carboxylic acids is 2. The Kier molecular flexibility index (Phi) is 5.01. The van der Waals surface area contributed by atoms with Gasteiger partial charge in [-0.25, -0.2) is 0 Å². The summed E-state index contributed by atoms with van der Waals surface area (Å²) >= 11 is 5.78. The Balaban J connectivity index is 2.02. The monoisotopic (exact) mass is 318 g/mol. The SMILES string of the molecule is CCc1ccc(NC(=O)C(=O)Nc2cc(Cl)ccc2O)cc1. The van der Waals surface area contributed by atoms with Crippen LogP contribution in [0.4, 0.5) is 11.4 Å². The predicted octanol–water partition coefficient (Wildman–Crippen LogP) is 3.19. The van der Waals surface area contributed by atoms with Gasteiger partial charge in [-0.15, -0.1) is 0 Å². The van der Waals surface area contributed by atoms with Crippen LogP contribution in [0.2, 0.25) is 5.02 Å². The van der Waals surface area contributed by atoms with Gasteiger partial charge in [-0.05, 0) is 42.3 Å². The third kappa shape index (κ3) is 3.99. The van der Waals surface area contributed by atoms with E-state index in [1.54, 1.807) is 12.1 Å². The van der Waals surface area contributed by atoms with Crippen LogP contribution in [0.1, 0.15) is 12.5 Å². The molecule has 22 heavy (non-hydrogen) atoms. The first kappa shape index (κ1) is 15.9. The minimum Gasteiger partial charge on any atom is -0.506 e. The molecule has 2 aromatic carbocycles. The van der Waals surface area contributed by atoms with Crippen molar-refractivity contribution in [1.82, 2.24) is 0 Å². The molecule has 0 saturated carbocycles. The van der Waals surface area contributed by atoms with Crippen LogP contribution in [-0.2, 0) is 16.0 Å². The molecule has 3 N–H and O–H groups in total. The Hall–Kier alpha value is -2.53. The second kappa shape index (κ2) is 6.95. The standard InChI is InChI=1S/C16H15ClN2O3/c1-2-10-3-6-12(7-4-10)18-15(21)16(22)19-13-9-11(17)5-8-14(13)20/h3-9,20H,2H2,1H3,(H,18,21)(H,19,22). The van der Waals surface area contributed by atoms with E-state index in [1.165, 1.54) is 18.2 Å². The highest BCUT2D eigenvalue weighted by Gasteiger charge is 2.15. The maximum Gasteiger partial charge on any atom is 0.314 e. The van der Waals surface area contributed by atoms with Crippen molar-refractivity contribution in [3.05, 3.63) is 53.1 Å². The average molecular weight is 319 g/mol. The number of carbonyl (C=O) groups is 2. The Morgan fingerprint density at radius 2 is 1.68 bits per heavy atom. The fraction of sp³-hybridized carbons (Fsp3) is 0.125. The normalized spacial score (nSPS) is 10.1. The Bertz CT molecular complexity index is 699. The summed E-state index contributed by atoms with van der Waals surface area (Å²) in [5.41, 5.74) is 1.73. The van der Waals surface area contributed by atoms with Gasteiger partial charge >= 0.3 is 11.8 Å². The van der Waals surface area contributed by atoms with E-state index in [4.69, 9.17) is 11.6 Å². The van der Waals surface area contributed by atoms with Crippen molar-refractivity contribution in [1.29, 1.82) is 0 Å². The average Bonchev–Trinajstić information content (AvgIpc) is 2.51. The van der Waals surface area contributed by atoms with Crippen molar-refractivity contribution < 1.29 is 14.7 Å². The topological polar surface area (TPSA) is 78.4 Å². The molecule has 0 aliphatic rings. The number of amides is 2. The number of halogens is 1. The number of aryl methyl sites for hydroxylation is 1. The lowest BCUT2D eigenvalue weighted by molar-refractivity contribution is -0.133. The van der Waals surface area contributed by atoms with E-state index >= 15 is 0 Å². The third-order valence-electron chi connectivity index (χ3n) is 3.03.